The first-order chi connectivity index (χ1) is 8.76. The van der Waals surface area contributed by atoms with Crippen molar-refractivity contribution in [2.24, 2.45) is 0 Å². The van der Waals surface area contributed by atoms with Gasteiger partial charge in [-0.25, -0.2) is 13.1 Å². The Morgan fingerprint density at radius 1 is 1.42 bits per heavy atom. The van der Waals surface area contributed by atoms with Crippen molar-refractivity contribution in [1.29, 1.82) is 0 Å². The van der Waals surface area contributed by atoms with Gasteiger partial charge < -0.3 is 5.73 Å². The predicted octanol–water partition coefficient (Wildman–Crippen LogP) is 0.876. The number of nitrogens with two attached hydrogens (primary N) is 1. The lowest BCUT2D eigenvalue weighted by atomic mass is 10.1. The summed E-state index contributed by atoms with van der Waals surface area (Å²) in [7, 11) is -4.68. The molecular formula is C12H20N2O3S2. The van der Waals surface area contributed by atoms with Gasteiger partial charge in [-0.2, -0.15) is 0 Å². The van der Waals surface area contributed by atoms with E-state index in [-0.39, 0.29) is 16.7 Å². The standard InChI is InChI=1S/C12H20N2O3S2/c1-4-10-5-6-11(13)7-12(10)19(16,17)14-9(2)8-18(3)15/h5-7,9,14H,4,8,13H2,1-3H3. The maximum absolute atomic E-state index is 12.3. The van der Waals surface area contributed by atoms with Crippen LogP contribution in [-0.4, -0.2) is 30.7 Å². The summed E-state index contributed by atoms with van der Waals surface area (Å²) in [5.41, 5.74) is 6.77. The van der Waals surface area contributed by atoms with Crippen LogP contribution in [0.15, 0.2) is 23.1 Å². The van der Waals surface area contributed by atoms with Crippen LogP contribution in [0.25, 0.3) is 0 Å². The number of aryl methyl sites for hydroxylation is 1. The van der Waals surface area contributed by atoms with Gasteiger partial charge in [-0.15, -0.1) is 0 Å². The second kappa shape index (κ2) is 6.49. The Morgan fingerprint density at radius 3 is 2.58 bits per heavy atom. The summed E-state index contributed by atoms with van der Waals surface area (Å²) >= 11 is 0. The number of benzene rings is 1. The molecule has 0 bridgehead atoms. The zero-order chi connectivity index (χ0) is 14.6. The molecule has 0 aliphatic rings. The van der Waals surface area contributed by atoms with E-state index in [1.54, 1.807) is 25.3 Å². The summed E-state index contributed by atoms with van der Waals surface area (Å²) in [5.74, 6) is 0.281. The molecule has 1 aromatic rings. The molecule has 0 spiro atoms. The van der Waals surface area contributed by atoms with Crippen LogP contribution in [-0.2, 0) is 27.2 Å². The van der Waals surface area contributed by atoms with Gasteiger partial charge in [0.15, 0.2) is 0 Å². The molecule has 1 rings (SSSR count). The van der Waals surface area contributed by atoms with Gasteiger partial charge in [0.2, 0.25) is 10.0 Å². The number of rotatable bonds is 6. The molecule has 3 N–H and O–H groups in total. The summed E-state index contributed by atoms with van der Waals surface area (Å²) in [6.45, 7) is 3.58. The number of hydrogen-bond acceptors (Lipinski definition) is 4. The van der Waals surface area contributed by atoms with Crippen LogP contribution in [0.3, 0.4) is 0 Å². The third-order valence-corrected chi connectivity index (χ3v) is 5.24. The van der Waals surface area contributed by atoms with Crippen LogP contribution < -0.4 is 10.5 Å². The van der Waals surface area contributed by atoms with Gasteiger partial charge >= 0.3 is 0 Å². The van der Waals surface area contributed by atoms with Crippen molar-refractivity contribution in [2.45, 2.75) is 31.2 Å². The fourth-order valence-electron chi connectivity index (χ4n) is 1.83. The maximum atomic E-state index is 12.3. The predicted molar refractivity (Wildman–Crippen MR) is 78.9 cm³/mol. The van der Waals surface area contributed by atoms with Gasteiger partial charge in [0, 0.05) is 34.5 Å². The highest BCUT2D eigenvalue weighted by molar-refractivity contribution is 7.89. The molecule has 0 saturated carbocycles. The Kier molecular flexibility index (Phi) is 5.51. The van der Waals surface area contributed by atoms with Gasteiger partial charge in [-0.1, -0.05) is 13.0 Å². The van der Waals surface area contributed by atoms with Crippen molar-refractivity contribution in [1.82, 2.24) is 4.72 Å². The molecule has 108 valence electrons. The Labute approximate surface area is 117 Å². The van der Waals surface area contributed by atoms with E-state index in [1.165, 1.54) is 6.07 Å². The van der Waals surface area contributed by atoms with Crippen molar-refractivity contribution in [3.63, 3.8) is 0 Å². The molecule has 5 nitrogen and oxygen atoms in total. The molecule has 2 unspecified atom stereocenters. The molecule has 0 heterocycles. The molecule has 0 aromatic heterocycles. The zero-order valence-corrected chi connectivity index (χ0v) is 13.0. The van der Waals surface area contributed by atoms with E-state index in [4.69, 9.17) is 5.73 Å². The van der Waals surface area contributed by atoms with Crippen molar-refractivity contribution in [3.05, 3.63) is 23.8 Å². The fraction of sp³-hybridized carbons (Fsp3) is 0.500. The van der Waals surface area contributed by atoms with Crippen LogP contribution in [0.4, 0.5) is 5.69 Å². The molecule has 2 atom stereocenters. The smallest absolute Gasteiger partial charge is 0.241 e. The number of nitrogen functional groups attached to an aromatic ring is 1. The quantitative estimate of drug-likeness (QED) is 0.763. The molecule has 0 radical (unpaired) electrons. The number of nitrogens with one attached hydrogen (secondary N) is 1. The van der Waals surface area contributed by atoms with Crippen LogP contribution in [0.2, 0.25) is 0 Å². The molecule has 0 aliphatic carbocycles. The largest absolute Gasteiger partial charge is 0.399 e. The van der Waals surface area contributed by atoms with Crippen molar-refractivity contribution in [3.8, 4) is 0 Å². The average Bonchev–Trinajstić information content (AvgIpc) is 2.26. The number of hydrogen-bond donors (Lipinski definition) is 2. The van der Waals surface area contributed by atoms with E-state index in [1.807, 2.05) is 6.92 Å². The molecule has 0 saturated heterocycles. The van der Waals surface area contributed by atoms with Gasteiger partial charge in [0.25, 0.3) is 0 Å². The summed E-state index contributed by atoms with van der Waals surface area (Å²) in [5, 5.41) is 0. The topological polar surface area (TPSA) is 89.3 Å². The minimum absolute atomic E-state index is 0.198. The Hall–Kier alpha value is -0.920. The lowest BCUT2D eigenvalue weighted by Crippen LogP contribution is -2.36. The molecule has 0 aliphatic heterocycles. The second-order valence-corrected chi connectivity index (χ2v) is 7.65. The Bertz CT molecular complexity index is 570. The molecule has 19 heavy (non-hydrogen) atoms. The summed E-state index contributed by atoms with van der Waals surface area (Å²) < 4.78 is 38.2. The minimum Gasteiger partial charge on any atom is -0.399 e. The van der Waals surface area contributed by atoms with E-state index < -0.39 is 20.8 Å². The second-order valence-electron chi connectivity index (χ2n) is 4.48. The number of sulfonamides is 1. The fourth-order valence-corrected chi connectivity index (χ4v) is 4.31. The van der Waals surface area contributed by atoms with E-state index in [2.05, 4.69) is 4.72 Å². The molecule has 7 heteroatoms. The summed E-state index contributed by atoms with van der Waals surface area (Å²) in [4.78, 5) is 0.198. The van der Waals surface area contributed by atoms with Gasteiger partial charge in [0.05, 0.1) is 4.90 Å². The minimum atomic E-state index is -3.63. The van der Waals surface area contributed by atoms with Crippen LogP contribution >= 0.6 is 0 Å². The van der Waals surface area contributed by atoms with Crippen LogP contribution in [0.5, 0.6) is 0 Å². The van der Waals surface area contributed by atoms with Gasteiger partial charge in [-0.3, -0.25) is 4.21 Å². The molecule has 0 fully saturated rings. The molecule has 1 aromatic carbocycles. The Balaban J connectivity index is 3.06. The van der Waals surface area contributed by atoms with Gasteiger partial charge in [0.1, 0.15) is 0 Å². The first-order valence-corrected chi connectivity index (χ1v) is 9.18. The Morgan fingerprint density at radius 2 is 2.05 bits per heavy atom. The highest BCUT2D eigenvalue weighted by Crippen LogP contribution is 2.20. The maximum Gasteiger partial charge on any atom is 0.241 e. The third kappa shape index (κ3) is 4.59. The van der Waals surface area contributed by atoms with Crippen molar-refractivity contribution < 1.29 is 12.6 Å². The summed E-state index contributed by atoms with van der Waals surface area (Å²) in [6.07, 6.45) is 2.15. The normalized spacial score (nSPS) is 15.1. The van der Waals surface area contributed by atoms with Crippen molar-refractivity contribution >= 4 is 26.5 Å². The van der Waals surface area contributed by atoms with E-state index in [9.17, 15) is 12.6 Å². The highest BCUT2D eigenvalue weighted by Gasteiger charge is 2.21. The van der Waals surface area contributed by atoms with E-state index in [0.717, 1.165) is 0 Å². The van der Waals surface area contributed by atoms with Crippen molar-refractivity contribution in [2.75, 3.05) is 17.7 Å². The average molecular weight is 304 g/mol. The van der Waals surface area contributed by atoms with Gasteiger partial charge in [-0.05, 0) is 31.0 Å². The van der Waals surface area contributed by atoms with E-state index in [0.29, 0.717) is 17.7 Å². The SMILES string of the molecule is CCc1ccc(N)cc1S(=O)(=O)NC(C)CS(C)=O. The number of anilines is 1. The molecule has 0 amide bonds. The zero-order valence-electron chi connectivity index (χ0n) is 11.3. The highest BCUT2D eigenvalue weighted by atomic mass is 32.2. The third-order valence-electron chi connectivity index (χ3n) is 2.60. The lowest BCUT2D eigenvalue weighted by Gasteiger charge is -2.15. The first-order valence-electron chi connectivity index (χ1n) is 5.97. The summed E-state index contributed by atoms with van der Waals surface area (Å²) in [6, 6.07) is 4.47. The lowest BCUT2D eigenvalue weighted by molar-refractivity contribution is 0.569. The van der Waals surface area contributed by atoms with Crippen LogP contribution in [0.1, 0.15) is 19.4 Å². The van der Waals surface area contributed by atoms with Crippen LogP contribution in [0, 0.1) is 0 Å². The molecular weight excluding hydrogens is 284 g/mol. The van der Waals surface area contributed by atoms with E-state index >= 15 is 0 Å². The monoisotopic (exact) mass is 304 g/mol. The first kappa shape index (κ1) is 16.1.